The Bertz CT molecular complexity index is 776. The highest BCUT2D eigenvalue weighted by Gasteiger charge is 2.32. The normalized spacial score (nSPS) is 12.5. The Hall–Kier alpha value is -2.54. The lowest BCUT2D eigenvalue weighted by Gasteiger charge is -2.19. The van der Waals surface area contributed by atoms with Crippen molar-refractivity contribution in [2.75, 3.05) is 21.1 Å². The van der Waals surface area contributed by atoms with Gasteiger partial charge in [-0.1, -0.05) is 30.3 Å². The van der Waals surface area contributed by atoms with Crippen LogP contribution in [0.25, 0.3) is 0 Å². The first-order chi connectivity index (χ1) is 12.7. The van der Waals surface area contributed by atoms with Crippen LogP contribution in [0.1, 0.15) is 29.2 Å². The molecule has 0 radical (unpaired) electrons. The number of hydrogen-bond acceptors (Lipinski definition) is 3. The molecule has 0 aliphatic rings. The number of nitrogens with one attached hydrogen (secondary N) is 1. The molecule has 7 heteroatoms. The van der Waals surface area contributed by atoms with Crippen LogP contribution in [-0.4, -0.2) is 32.1 Å². The first-order valence-corrected chi connectivity index (χ1v) is 8.54. The van der Waals surface area contributed by atoms with Gasteiger partial charge < -0.3 is 15.0 Å². The molecule has 2 aromatic rings. The van der Waals surface area contributed by atoms with Gasteiger partial charge in [0.25, 0.3) is 0 Å². The maximum Gasteiger partial charge on any atom is 0.416 e. The van der Waals surface area contributed by atoms with Crippen LogP contribution in [0.3, 0.4) is 0 Å². The molecule has 1 amide bonds. The average molecular weight is 380 g/mol. The zero-order valence-electron chi connectivity index (χ0n) is 15.5. The SMILES string of the molecule is CNC(CCc1ccccc1C(F)(F)F)c1cccc(OC(=O)N(C)C)c1. The van der Waals surface area contributed by atoms with Gasteiger partial charge in [0.1, 0.15) is 5.75 Å². The second-order valence-electron chi connectivity index (χ2n) is 6.37. The second-order valence-corrected chi connectivity index (χ2v) is 6.37. The number of carbonyl (C=O) groups is 1. The van der Waals surface area contributed by atoms with Gasteiger partial charge >= 0.3 is 12.3 Å². The number of alkyl halides is 3. The number of hydrogen-bond donors (Lipinski definition) is 1. The average Bonchev–Trinajstić information content (AvgIpc) is 2.62. The third-order valence-electron chi connectivity index (χ3n) is 4.20. The maximum atomic E-state index is 13.1. The summed E-state index contributed by atoms with van der Waals surface area (Å²) in [5, 5.41) is 3.12. The molecule has 0 aliphatic heterocycles. The first kappa shape index (κ1) is 20.8. The Morgan fingerprint density at radius 2 is 1.85 bits per heavy atom. The van der Waals surface area contributed by atoms with Gasteiger partial charge in [-0.3, -0.25) is 0 Å². The molecule has 0 heterocycles. The molecule has 1 unspecified atom stereocenters. The molecule has 0 saturated heterocycles. The summed E-state index contributed by atoms with van der Waals surface area (Å²) in [6.07, 6.45) is -4.13. The Morgan fingerprint density at radius 3 is 2.48 bits per heavy atom. The van der Waals surface area contributed by atoms with Crippen molar-refractivity contribution in [1.82, 2.24) is 10.2 Å². The lowest BCUT2D eigenvalue weighted by molar-refractivity contribution is -0.138. The van der Waals surface area contributed by atoms with Gasteiger partial charge in [-0.2, -0.15) is 13.2 Å². The molecule has 2 aromatic carbocycles. The van der Waals surface area contributed by atoms with Crippen molar-refractivity contribution in [1.29, 1.82) is 0 Å². The molecular weight excluding hydrogens is 357 g/mol. The summed E-state index contributed by atoms with van der Waals surface area (Å²) in [4.78, 5) is 13.0. The molecule has 0 fully saturated rings. The Balaban J connectivity index is 2.14. The van der Waals surface area contributed by atoms with Crippen molar-refractivity contribution in [2.45, 2.75) is 25.1 Å². The van der Waals surface area contributed by atoms with Gasteiger partial charge in [0.2, 0.25) is 0 Å². The molecule has 1 atom stereocenters. The molecule has 146 valence electrons. The Kier molecular flexibility index (Phi) is 6.85. The monoisotopic (exact) mass is 380 g/mol. The number of amides is 1. The van der Waals surface area contributed by atoms with Crippen LogP contribution in [-0.2, 0) is 12.6 Å². The Labute approximate surface area is 156 Å². The standard InChI is InChI=1S/C20H23F3N2O2/c1-24-18(12-11-14-7-4-5-10-17(14)20(21,22)23)15-8-6-9-16(13-15)27-19(26)25(2)3/h4-10,13,18,24H,11-12H2,1-3H3. The number of halogens is 3. The van der Waals surface area contributed by atoms with Gasteiger partial charge in [0.05, 0.1) is 5.56 Å². The summed E-state index contributed by atoms with van der Waals surface area (Å²) in [5.41, 5.74) is 0.500. The minimum atomic E-state index is -4.37. The van der Waals surface area contributed by atoms with E-state index in [4.69, 9.17) is 4.74 Å². The maximum absolute atomic E-state index is 13.1. The molecule has 0 aromatic heterocycles. The number of nitrogens with zero attached hydrogens (tertiary/aromatic N) is 1. The zero-order valence-corrected chi connectivity index (χ0v) is 15.5. The zero-order chi connectivity index (χ0) is 20.0. The van der Waals surface area contributed by atoms with E-state index in [2.05, 4.69) is 5.32 Å². The lowest BCUT2D eigenvalue weighted by Crippen LogP contribution is -2.25. The van der Waals surface area contributed by atoms with Crippen molar-refractivity contribution >= 4 is 6.09 Å². The topological polar surface area (TPSA) is 41.6 Å². The lowest BCUT2D eigenvalue weighted by atomic mass is 9.96. The van der Waals surface area contributed by atoms with E-state index in [9.17, 15) is 18.0 Å². The molecule has 0 bridgehead atoms. The van der Waals surface area contributed by atoms with Crippen molar-refractivity contribution < 1.29 is 22.7 Å². The molecule has 1 N–H and O–H groups in total. The van der Waals surface area contributed by atoms with Crippen LogP contribution in [0.4, 0.5) is 18.0 Å². The largest absolute Gasteiger partial charge is 0.416 e. The van der Waals surface area contributed by atoms with Gasteiger partial charge in [0, 0.05) is 20.1 Å². The van der Waals surface area contributed by atoms with E-state index in [0.29, 0.717) is 12.2 Å². The number of carbonyl (C=O) groups excluding carboxylic acids is 1. The van der Waals surface area contributed by atoms with Crippen molar-refractivity contribution in [3.63, 3.8) is 0 Å². The summed E-state index contributed by atoms with van der Waals surface area (Å²) in [5.74, 6) is 0.391. The molecule has 27 heavy (non-hydrogen) atoms. The van der Waals surface area contributed by atoms with Crippen molar-refractivity contribution in [3.05, 3.63) is 65.2 Å². The van der Waals surface area contributed by atoms with E-state index in [1.807, 2.05) is 6.07 Å². The second kappa shape index (κ2) is 8.90. The first-order valence-electron chi connectivity index (χ1n) is 8.54. The number of rotatable bonds is 6. The number of aryl methyl sites for hydroxylation is 1. The van der Waals surface area contributed by atoms with Crippen LogP contribution < -0.4 is 10.1 Å². The van der Waals surface area contributed by atoms with Gasteiger partial charge in [-0.05, 0) is 49.2 Å². The fourth-order valence-electron chi connectivity index (χ4n) is 2.78. The van der Waals surface area contributed by atoms with Crippen LogP contribution in [0.5, 0.6) is 5.75 Å². The quantitative estimate of drug-likeness (QED) is 0.793. The van der Waals surface area contributed by atoms with Gasteiger partial charge in [0.15, 0.2) is 0 Å². The highest BCUT2D eigenvalue weighted by atomic mass is 19.4. The van der Waals surface area contributed by atoms with Gasteiger partial charge in [-0.15, -0.1) is 0 Å². The molecule has 0 aliphatic carbocycles. The van der Waals surface area contributed by atoms with Crippen LogP contribution in [0.2, 0.25) is 0 Å². The third-order valence-corrected chi connectivity index (χ3v) is 4.20. The summed E-state index contributed by atoms with van der Waals surface area (Å²) >= 11 is 0. The smallest absolute Gasteiger partial charge is 0.410 e. The van der Waals surface area contributed by atoms with Crippen molar-refractivity contribution in [3.8, 4) is 5.75 Å². The van der Waals surface area contributed by atoms with Crippen LogP contribution in [0, 0.1) is 0 Å². The summed E-state index contributed by atoms with van der Waals surface area (Å²) in [6, 6.07) is 12.4. The molecule has 0 saturated carbocycles. The van der Waals surface area contributed by atoms with Crippen LogP contribution >= 0.6 is 0 Å². The fraction of sp³-hybridized carbons (Fsp3) is 0.350. The molecule has 4 nitrogen and oxygen atoms in total. The van der Waals surface area contributed by atoms with Gasteiger partial charge in [-0.25, -0.2) is 4.79 Å². The van der Waals surface area contributed by atoms with E-state index in [1.165, 1.54) is 17.0 Å². The minimum absolute atomic E-state index is 0.177. The van der Waals surface area contributed by atoms with E-state index < -0.39 is 17.8 Å². The molecule has 2 rings (SSSR count). The summed E-state index contributed by atoms with van der Waals surface area (Å²) < 4.78 is 44.7. The van der Waals surface area contributed by atoms with E-state index in [1.54, 1.807) is 45.4 Å². The molecular formula is C20H23F3N2O2. The fourth-order valence-corrected chi connectivity index (χ4v) is 2.78. The van der Waals surface area contributed by atoms with E-state index >= 15 is 0 Å². The highest BCUT2D eigenvalue weighted by molar-refractivity contribution is 5.70. The summed E-state index contributed by atoms with van der Waals surface area (Å²) in [7, 11) is 4.92. The van der Waals surface area contributed by atoms with E-state index in [-0.39, 0.29) is 18.0 Å². The summed E-state index contributed by atoms with van der Waals surface area (Å²) in [6.45, 7) is 0. The Morgan fingerprint density at radius 1 is 1.15 bits per heavy atom. The van der Waals surface area contributed by atoms with Crippen LogP contribution in [0.15, 0.2) is 48.5 Å². The number of ether oxygens (including phenoxy) is 1. The minimum Gasteiger partial charge on any atom is -0.410 e. The highest BCUT2D eigenvalue weighted by Crippen LogP contribution is 2.33. The molecule has 0 spiro atoms. The third kappa shape index (κ3) is 5.72. The van der Waals surface area contributed by atoms with Crippen molar-refractivity contribution in [2.24, 2.45) is 0 Å². The predicted octanol–water partition coefficient (Wildman–Crippen LogP) is 4.66. The number of benzene rings is 2. The predicted molar refractivity (Wildman–Crippen MR) is 97.7 cm³/mol. The van der Waals surface area contributed by atoms with E-state index in [0.717, 1.165) is 11.6 Å².